The van der Waals surface area contributed by atoms with Gasteiger partial charge < -0.3 is 14.0 Å². The normalized spacial score (nSPS) is 14.2. The fraction of sp³-hybridized carbons (Fsp3) is 0.500. The highest BCUT2D eigenvalue weighted by Gasteiger charge is 2.62. The summed E-state index contributed by atoms with van der Waals surface area (Å²) in [6.07, 6.45) is -10.1. The van der Waals surface area contributed by atoms with Crippen LogP contribution in [0.3, 0.4) is 0 Å². The molecular formula is C8H6F5O7S-. The molecule has 0 aromatic carbocycles. The van der Waals surface area contributed by atoms with Gasteiger partial charge in [-0.1, -0.05) is 6.58 Å². The quantitative estimate of drug-likeness (QED) is 0.296. The number of ether oxygens (including phenoxy) is 2. The molecule has 1 atom stereocenters. The number of hydrogen-bond acceptors (Lipinski definition) is 7. The lowest BCUT2D eigenvalue weighted by Gasteiger charge is -2.29. The average molecular weight is 341 g/mol. The summed E-state index contributed by atoms with van der Waals surface area (Å²) in [4.78, 5) is 21.3. The van der Waals surface area contributed by atoms with E-state index < -0.39 is 46.2 Å². The first kappa shape index (κ1) is 19.2. The Morgan fingerprint density at radius 1 is 1.24 bits per heavy atom. The number of rotatable bonds is 6. The number of halogens is 5. The van der Waals surface area contributed by atoms with Crippen LogP contribution in [0, 0.1) is 0 Å². The van der Waals surface area contributed by atoms with E-state index in [2.05, 4.69) is 16.1 Å². The van der Waals surface area contributed by atoms with Crippen molar-refractivity contribution in [1.29, 1.82) is 0 Å². The summed E-state index contributed by atoms with van der Waals surface area (Å²) in [5, 5.41) is -5.96. The molecule has 21 heavy (non-hydrogen) atoms. The van der Waals surface area contributed by atoms with Gasteiger partial charge in [0, 0.05) is 6.08 Å². The molecule has 0 radical (unpaired) electrons. The third-order valence-corrected chi connectivity index (χ3v) is 2.56. The molecule has 0 heterocycles. The van der Waals surface area contributed by atoms with Crippen molar-refractivity contribution in [2.75, 3.05) is 6.61 Å². The number of esters is 2. The molecule has 0 aliphatic rings. The Morgan fingerprint density at radius 3 is 2.05 bits per heavy atom. The second-order valence-electron chi connectivity index (χ2n) is 3.24. The predicted octanol–water partition coefficient (Wildman–Crippen LogP) is 0.328. The van der Waals surface area contributed by atoms with E-state index in [4.69, 9.17) is 0 Å². The van der Waals surface area contributed by atoms with Crippen LogP contribution in [0.1, 0.15) is 0 Å². The molecule has 0 aliphatic carbocycles. The molecule has 0 aliphatic heterocycles. The molecular weight excluding hydrogens is 335 g/mol. The molecule has 0 N–H and O–H groups in total. The van der Waals surface area contributed by atoms with Gasteiger partial charge in [-0.15, -0.1) is 0 Å². The van der Waals surface area contributed by atoms with Crippen molar-refractivity contribution in [2.45, 2.75) is 17.5 Å². The van der Waals surface area contributed by atoms with E-state index >= 15 is 0 Å². The lowest BCUT2D eigenvalue weighted by atomic mass is 10.3. The smallest absolute Gasteiger partial charge is 0.432 e. The zero-order valence-corrected chi connectivity index (χ0v) is 10.5. The van der Waals surface area contributed by atoms with Gasteiger partial charge in [-0.3, -0.25) is 0 Å². The molecule has 0 saturated carbocycles. The number of carbonyl (C=O) groups is 2. The SMILES string of the molecule is C=CC(=O)OCC(=O)OC(C(F)(F)F)C(F)(F)S(=O)(=O)[O-]. The third kappa shape index (κ3) is 5.26. The molecule has 7 nitrogen and oxygen atoms in total. The first-order valence-corrected chi connectivity index (χ1v) is 6.03. The van der Waals surface area contributed by atoms with Crippen molar-refractivity contribution in [3.8, 4) is 0 Å². The lowest BCUT2D eigenvalue weighted by Crippen LogP contribution is -2.52. The fourth-order valence-electron chi connectivity index (χ4n) is 0.811. The minimum absolute atomic E-state index is 0.505. The summed E-state index contributed by atoms with van der Waals surface area (Å²) in [5.41, 5.74) is 0. The first-order chi connectivity index (χ1) is 9.23. The zero-order chi connectivity index (χ0) is 17.1. The summed E-state index contributed by atoms with van der Waals surface area (Å²) in [6, 6.07) is 0. The van der Waals surface area contributed by atoms with Crippen LogP contribution in [0.5, 0.6) is 0 Å². The van der Waals surface area contributed by atoms with E-state index in [0.29, 0.717) is 6.08 Å². The summed E-state index contributed by atoms with van der Waals surface area (Å²) in [6.45, 7) is 1.34. The van der Waals surface area contributed by atoms with Crippen LogP contribution in [0.2, 0.25) is 0 Å². The second kappa shape index (κ2) is 6.34. The van der Waals surface area contributed by atoms with E-state index in [-0.39, 0.29) is 0 Å². The van der Waals surface area contributed by atoms with E-state index in [0.717, 1.165) is 0 Å². The van der Waals surface area contributed by atoms with Crippen LogP contribution in [-0.4, -0.2) is 49.1 Å². The Hall–Kier alpha value is -1.76. The first-order valence-electron chi connectivity index (χ1n) is 4.62. The van der Waals surface area contributed by atoms with Crippen molar-refractivity contribution >= 4 is 22.1 Å². The van der Waals surface area contributed by atoms with Gasteiger partial charge in [0.25, 0.3) is 6.10 Å². The molecule has 0 rings (SSSR count). The lowest BCUT2D eigenvalue weighted by molar-refractivity contribution is -0.260. The molecule has 0 spiro atoms. The van der Waals surface area contributed by atoms with Gasteiger partial charge in [-0.2, -0.15) is 22.0 Å². The summed E-state index contributed by atoms with van der Waals surface area (Å²) < 4.78 is 100. The topological polar surface area (TPSA) is 110 Å². The highest BCUT2D eigenvalue weighted by Crippen LogP contribution is 2.37. The second-order valence-corrected chi connectivity index (χ2v) is 4.69. The van der Waals surface area contributed by atoms with Gasteiger partial charge in [0.15, 0.2) is 16.7 Å². The van der Waals surface area contributed by atoms with Crippen LogP contribution in [0.4, 0.5) is 22.0 Å². The molecule has 0 amide bonds. The highest BCUT2D eigenvalue weighted by molar-refractivity contribution is 7.86. The largest absolute Gasteiger partial charge is 0.743 e. The molecule has 0 bridgehead atoms. The van der Waals surface area contributed by atoms with Crippen molar-refractivity contribution in [3.63, 3.8) is 0 Å². The zero-order valence-electron chi connectivity index (χ0n) is 9.72. The van der Waals surface area contributed by atoms with Crippen molar-refractivity contribution in [3.05, 3.63) is 12.7 Å². The van der Waals surface area contributed by atoms with E-state index in [1.54, 1.807) is 0 Å². The van der Waals surface area contributed by atoms with Crippen molar-refractivity contribution < 1.29 is 54.0 Å². The van der Waals surface area contributed by atoms with Crippen LogP contribution in [-0.2, 0) is 29.2 Å². The number of carbonyl (C=O) groups excluding carboxylic acids is 2. The molecule has 122 valence electrons. The fourth-order valence-corrected chi connectivity index (χ4v) is 1.26. The monoisotopic (exact) mass is 341 g/mol. The van der Waals surface area contributed by atoms with E-state index in [9.17, 15) is 44.5 Å². The van der Waals surface area contributed by atoms with Gasteiger partial charge in [-0.25, -0.2) is 18.0 Å². The van der Waals surface area contributed by atoms with Crippen molar-refractivity contribution in [2.24, 2.45) is 0 Å². The molecule has 0 saturated heterocycles. The van der Waals surface area contributed by atoms with Crippen molar-refractivity contribution in [1.82, 2.24) is 0 Å². The Kier molecular flexibility index (Phi) is 5.81. The van der Waals surface area contributed by atoms with Gasteiger partial charge in [-0.05, 0) is 0 Å². The minimum atomic E-state index is -6.77. The maximum atomic E-state index is 12.9. The van der Waals surface area contributed by atoms with Crippen LogP contribution >= 0.6 is 0 Å². The van der Waals surface area contributed by atoms with Crippen LogP contribution < -0.4 is 0 Å². The molecule has 0 aromatic rings. The van der Waals surface area contributed by atoms with Gasteiger partial charge in [0.1, 0.15) is 0 Å². The minimum Gasteiger partial charge on any atom is -0.743 e. The summed E-state index contributed by atoms with van der Waals surface area (Å²) in [5.74, 6) is -3.42. The molecule has 13 heteroatoms. The number of alkyl halides is 5. The molecule has 0 fully saturated rings. The standard InChI is InChI=1S/C8H7F5O7S/c1-2-4(14)19-3-5(15)20-6(7(9,10)11)8(12,13)21(16,17)18/h2,6H,1,3H2,(H,16,17,18)/p-1. The van der Waals surface area contributed by atoms with Crippen LogP contribution in [0.15, 0.2) is 12.7 Å². The average Bonchev–Trinajstić information content (AvgIpc) is 2.29. The van der Waals surface area contributed by atoms with Gasteiger partial charge >= 0.3 is 23.4 Å². The molecule has 1 unspecified atom stereocenters. The Bertz CT molecular complexity index is 524. The predicted molar refractivity (Wildman–Crippen MR) is 51.7 cm³/mol. The van der Waals surface area contributed by atoms with Gasteiger partial charge in [0.05, 0.1) is 0 Å². The Morgan fingerprint density at radius 2 is 1.71 bits per heavy atom. The van der Waals surface area contributed by atoms with E-state index in [1.165, 1.54) is 0 Å². The maximum absolute atomic E-state index is 12.9. The Balaban J connectivity index is 5.19. The maximum Gasteiger partial charge on any atom is 0.432 e. The molecule has 0 aromatic heterocycles. The Labute approximate surface area is 114 Å². The summed E-state index contributed by atoms with van der Waals surface area (Å²) in [7, 11) is -6.77. The third-order valence-electron chi connectivity index (χ3n) is 1.68. The van der Waals surface area contributed by atoms with Crippen LogP contribution in [0.25, 0.3) is 0 Å². The number of hydrogen-bond donors (Lipinski definition) is 0. The summed E-state index contributed by atoms with van der Waals surface area (Å²) >= 11 is 0. The van der Waals surface area contributed by atoms with Gasteiger partial charge in [0.2, 0.25) is 0 Å². The highest BCUT2D eigenvalue weighted by atomic mass is 32.2. The van der Waals surface area contributed by atoms with E-state index in [1.807, 2.05) is 0 Å².